The van der Waals surface area contributed by atoms with Gasteiger partial charge in [-0.05, 0) is 6.92 Å². The molecule has 0 fully saturated rings. The van der Waals surface area contributed by atoms with Gasteiger partial charge in [0.25, 0.3) is 0 Å². The highest BCUT2D eigenvalue weighted by Crippen LogP contribution is 2.27. The second-order valence-corrected chi connectivity index (χ2v) is 3.48. The first-order valence-electron chi connectivity index (χ1n) is 4.58. The Morgan fingerprint density at radius 3 is 2.07 bits per heavy atom. The quantitative estimate of drug-likeness (QED) is 0.320. The monoisotopic (exact) mass is 202 g/mol. The van der Waals surface area contributed by atoms with Gasteiger partial charge in [-0.15, -0.1) is 0 Å². The molecular formula is C11H10N2O2. The van der Waals surface area contributed by atoms with Crippen LogP contribution in [0.5, 0.6) is 0 Å². The van der Waals surface area contributed by atoms with Gasteiger partial charge < -0.3 is 5.84 Å². The van der Waals surface area contributed by atoms with Gasteiger partial charge in [0, 0.05) is 11.1 Å². The molecule has 0 unspecified atom stereocenters. The summed E-state index contributed by atoms with van der Waals surface area (Å²) in [6, 6.07) is 6.78. The third kappa shape index (κ3) is 1.26. The van der Waals surface area contributed by atoms with Crippen molar-refractivity contribution in [2.24, 2.45) is 16.9 Å². The summed E-state index contributed by atoms with van der Waals surface area (Å²) in [6.45, 7) is 1.59. The standard InChI is InChI=1S/C11H10N2O2/c1-6(13-12)9-10(14)7-4-2-3-5-8(7)11(9)15/h2-5,9H,12H2,1H3/b13-6-. The summed E-state index contributed by atoms with van der Waals surface area (Å²) < 4.78 is 0. The third-order valence-electron chi connectivity index (χ3n) is 2.60. The van der Waals surface area contributed by atoms with Crippen molar-refractivity contribution in [3.63, 3.8) is 0 Å². The number of hydrazone groups is 1. The van der Waals surface area contributed by atoms with E-state index in [0.29, 0.717) is 16.8 Å². The van der Waals surface area contributed by atoms with Gasteiger partial charge in [-0.2, -0.15) is 5.10 Å². The molecule has 0 aromatic heterocycles. The van der Waals surface area contributed by atoms with E-state index in [1.54, 1.807) is 31.2 Å². The number of nitrogens with zero attached hydrogens (tertiary/aromatic N) is 1. The van der Waals surface area contributed by atoms with Crippen molar-refractivity contribution in [2.45, 2.75) is 6.92 Å². The van der Waals surface area contributed by atoms with Crippen LogP contribution in [0.25, 0.3) is 0 Å². The topological polar surface area (TPSA) is 72.5 Å². The van der Waals surface area contributed by atoms with Crippen LogP contribution in [0, 0.1) is 5.92 Å². The first-order chi connectivity index (χ1) is 7.16. The molecule has 15 heavy (non-hydrogen) atoms. The minimum atomic E-state index is -0.813. The van der Waals surface area contributed by atoms with E-state index in [4.69, 9.17) is 5.84 Å². The van der Waals surface area contributed by atoms with Crippen LogP contribution < -0.4 is 5.84 Å². The number of nitrogens with two attached hydrogens (primary N) is 1. The fourth-order valence-corrected chi connectivity index (χ4v) is 1.80. The number of carbonyl (C=O) groups is 2. The van der Waals surface area contributed by atoms with Crippen molar-refractivity contribution in [3.05, 3.63) is 35.4 Å². The van der Waals surface area contributed by atoms with Gasteiger partial charge in [0.2, 0.25) is 0 Å². The van der Waals surface area contributed by atoms with Crippen LogP contribution in [0.4, 0.5) is 0 Å². The lowest BCUT2D eigenvalue weighted by Gasteiger charge is -2.03. The molecule has 0 heterocycles. The second-order valence-electron chi connectivity index (χ2n) is 3.48. The number of benzene rings is 1. The zero-order chi connectivity index (χ0) is 11.0. The van der Waals surface area contributed by atoms with Gasteiger partial charge in [0.1, 0.15) is 5.92 Å². The molecule has 76 valence electrons. The minimum Gasteiger partial charge on any atom is -0.323 e. The van der Waals surface area contributed by atoms with Crippen molar-refractivity contribution in [2.75, 3.05) is 0 Å². The molecule has 0 radical (unpaired) electrons. The van der Waals surface area contributed by atoms with Gasteiger partial charge in [-0.1, -0.05) is 24.3 Å². The Morgan fingerprint density at radius 2 is 1.67 bits per heavy atom. The summed E-state index contributed by atoms with van der Waals surface area (Å²) in [5.41, 5.74) is 1.30. The maximum atomic E-state index is 11.9. The van der Waals surface area contributed by atoms with E-state index in [9.17, 15) is 9.59 Å². The summed E-state index contributed by atoms with van der Waals surface area (Å²) >= 11 is 0. The first-order valence-corrected chi connectivity index (χ1v) is 4.58. The van der Waals surface area contributed by atoms with Crippen LogP contribution in [0.2, 0.25) is 0 Å². The number of rotatable bonds is 1. The average molecular weight is 202 g/mol. The molecule has 2 rings (SSSR count). The van der Waals surface area contributed by atoms with Gasteiger partial charge in [-0.3, -0.25) is 9.59 Å². The van der Waals surface area contributed by atoms with E-state index in [-0.39, 0.29) is 11.6 Å². The van der Waals surface area contributed by atoms with Crippen LogP contribution in [0.3, 0.4) is 0 Å². The highest BCUT2D eigenvalue weighted by molar-refractivity contribution is 6.36. The Balaban J connectivity index is 2.55. The normalized spacial score (nSPS) is 17.0. The Labute approximate surface area is 86.8 Å². The SMILES string of the molecule is C/C(=N/N)C1C(=O)c2ccccc2C1=O. The van der Waals surface area contributed by atoms with Crippen molar-refractivity contribution >= 4 is 17.3 Å². The first kappa shape index (κ1) is 9.58. The second kappa shape index (κ2) is 3.31. The maximum absolute atomic E-state index is 11.9. The molecule has 2 N–H and O–H groups in total. The van der Waals surface area contributed by atoms with Crippen LogP contribution in [-0.4, -0.2) is 17.3 Å². The van der Waals surface area contributed by atoms with Crippen molar-refractivity contribution < 1.29 is 9.59 Å². The zero-order valence-corrected chi connectivity index (χ0v) is 8.23. The van der Waals surface area contributed by atoms with Gasteiger partial charge in [0.15, 0.2) is 11.6 Å². The minimum absolute atomic E-state index is 0.206. The molecule has 4 heteroatoms. The average Bonchev–Trinajstić information content (AvgIpc) is 2.52. The maximum Gasteiger partial charge on any atom is 0.180 e. The predicted octanol–water partition coefficient (Wildman–Crippen LogP) is 1.02. The molecule has 0 saturated carbocycles. The molecule has 1 aliphatic carbocycles. The predicted molar refractivity (Wildman–Crippen MR) is 55.9 cm³/mol. The van der Waals surface area contributed by atoms with Crippen LogP contribution in [-0.2, 0) is 0 Å². The largest absolute Gasteiger partial charge is 0.323 e. The Hall–Kier alpha value is -1.97. The van der Waals surface area contributed by atoms with Gasteiger partial charge in [0.05, 0.1) is 5.71 Å². The number of ketones is 2. The van der Waals surface area contributed by atoms with Crippen LogP contribution in [0.1, 0.15) is 27.6 Å². The van der Waals surface area contributed by atoms with E-state index in [0.717, 1.165) is 0 Å². The zero-order valence-electron chi connectivity index (χ0n) is 8.23. The number of carbonyl (C=O) groups excluding carboxylic acids is 2. The summed E-state index contributed by atoms with van der Waals surface area (Å²) in [5.74, 6) is 3.87. The molecule has 4 nitrogen and oxygen atoms in total. The smallest absolute Gasteiger partial charge is 0.180 e. The Bertz CT molecular complexity index is 442. The lowest BCUT2D eigenvalue weighted by molar-refractivity contribution is 0.0883. The highest BCUT2D eigenvalue weighted by Gasteiger charge is 2.39. The third-order valence-corrected chi connectivity index (χ3v) is 2.60. The van der Waals surface area contributed by atoms with E-state index >= 15 is 0 Å². The molecule has 0 bridgehead atoms. The van der Waals surface area contributed by atoms with Crippen LogP contribution in [0.15, 0.2) is 29.4 Å². The lowest BCUT2D eigenvalue weighted by Crippen LogP contribution is -2.24. The molecule has 1 aliphatic rings. The van der Waals surface area contributed by atoms with E-state index in [1.165, 1.54) is 0 Å². The molecule has 0 spiro atoms. The summed E-state index contributed by atoms with van der Waals surface area (Å²) in [7, 11) is 0. The number of fused-ring (bicyclic) bond motifs is 1. The fraction of sp³-hybridized carbons (Fsp3) is 0.182. The summed E-state index contributed by atoms with van der Waals surface area (Å²) in [6.07, 6.45) is 0. The molecule has 0 aliphatic heterocycles. The lowest BCUT2D eigenvalue weighted by atomic mass is 9.99. The van der Waals surface area contributed by atoms with Gasteiger partial charge in [-0.25, -0.2) is 0 Å². The molecule has 0 amide bonds. The summed E-state index contributed by atoms with van der Waals surface area (Å²) in [4.78, 5) is 23.7. The highest BCUT2D eigenvalue weighted by atomic mass is 16.2. The molecule has 1 aromatic carbocycles. The van der Waals surface area contributed by atoms with Crippen molar-refractivity contribution in [3.8, 4) is 0 Å². The van der Waals surface area contributed by atoms with E-state index < -0.39 is 5.92 Å². The molecular weight excluding hydrogens is 192 g/mol. The van der Waals surface area contributed by atoms with Gasteiger partial charge >= 0.3 is 0 Å². The Morgan fingerprint density at radius 1 is 1.20 bits per heavy atom. The molecule has 0 saturated heterocycles. The van der Waals surface area contributed by atoms with E-state index in [2.05, 4.69) is 5.10 Å². The summed E-state index contributed by atoms with van der Waals surface area (Å²) in [5, 5.41) is 3.43. The van der Waals surface area contributed by atoms with Crippen molar-refractivity contribution in [1.29, 1.82) is 0 Å². The fourth-order valence-electron chi connectivity index (χ4n) is 1.80. The number of hydrogen-bond acceptors (Lipinski definition) is 4. The van der Waals surface area contributed by atoms with Crippen LogP contribution >= 0.6 is 0 Å². The van der Waals surface area contributed by atoms with E-state index in [1.807, 2.05) is 0 Å². The Kier molecular flexibility index (Phi) is 2.11. The molecule has 0 atom stereocenters. The van der Waals surface area contributed by atoms with Crippen molar-refractivity contribution in [1.82, 2.24) is 0 Å². The number of Topliss-reactive ketones (excluding diaryl/α,β-unsaturated/α-hetero) is 2. The molecule has 1 aromatic rings. The number of hydrogen-bond donors (Lipinski definition) is 1.